The molecule has 2 aliphatic heterocycles. The van der Waals surface area contributed by atoms with Gasteiger partial charge >= 0.3 is 0 Å². The summed E-state index contributed by atoms with van der Waals surface area (Å²) in [6.07, 6.45) is 1.35. The average Bonchev–Trinajstić information content (AvgIpc) is 2.59. The fraction of sp³-hybridized carbons (Fsp3) is 0.550. The van der Waals surface area contributed by atoms with Crippen LogP contribution >= 0.6 is 24.0 Å². The Balaban J connectivity index is 0.00000280. The Hall–Kier alpha value is -1.65. The fourth-order valence-electron chi connectivity index (χ4n) is 3.74. The molecule has 3 N–H and O–H groups in total. The first-order chi connectivity index (χ1) is 12.9. The number of amides is 1. The van der Waals surface area contributed by atoms with Crippen LogP contribution in [-0.2, 0) is 4.74 Å². The first-order valence-corrected chi connectivity index (χ1v) is 9.55. The number of piperidine rings is 1. The van der Waals surface area contributed by atoms with Gasteiger partial charge in [0.1, 0.15) is 5.75 Å². The van der Waals surface area contributed by atoms with Gasteiger partial charge in [-0.05, 0) is 39.8 Å². The zero-order valence-corrected chi connectivity index (χ0v) is 17.9. The number of hydrogen-bond donors (Lipinski definition) is 2. The summed E-state index contributed by atoms with van der Waals surface area (Å²) in [4.78, 5) is 15.3. The van der Waals surface area contributed by atoms with Gasteiger partial charge in [-0.25, -0.2) is 0 Å². The van der Waals surface area contributed by atoms with Crippen molar-refractivity contribution in [1.82, 2.24) is 10.2 Å². The Morgan fingerprint density at radius 3 is 2.64 bits per heavy atom. The van der Waals surface area contributed by atoms with Gasteiger partial charge in [0.25, 0.3) is 5.91 Å². The number of benzene rings is 1. The lowest BCUT2D eigenvalue weighted by Crippen LogP contribution is -2.59. The first kappa shape index (κ1) is 22.6. The third-order valence-corrected chi connectivity index (χ3v) is 5.54. The number of nitrogen functional groups attached to an aromatic ring is 1. The van der Waals surface area contributed by atoms with Crippen molar-refractivity contribution in [3.8, 4) is 17.6 Å². The summed E-state index contributed by atoms with van der Waals surface area (Å²) in [7, 11) is 2.12. The number of halogens is 2. The monoisotopic (exact) mass is 427 g/mol. The summed E-state index contributed by atoms with van der Waals surface area (Å²) in [5.41, 5.74) is 6.64. The average molecular weight is 428 g/mol. The summed E-state index contributed by atoms with van der Waals surface area (Å²) in [6.45, 7) is 4.97. The van der Waals surface area contributed by atoms with Gasteiger partial charge < -0.3 is 20.5 Å². The second-order valence-corrected chi connectivity index (χ2v) is 7.58. The summed E-state index contributed by atoms with van der Waals surface area (Å²) < 4.78 is 11.5. The third-order valence-electron chi connectivity index (χ3n) is 5.22. The number of fused-ring (bicyclic) bond motifs is 2. The maximum Gasteiger partial charge on any atom is 0.255 e. The van der Waals surface area contributed by atoms with E-state index in [-0.39, 0.29) is 30.5 Å². The van der Waals surface area contributed by atoms with Crippen molar-refractivity contribution in [3.05, 3.63) is 22.7 Å². The van der Waals surface area contributed by atoms with E-state index in [1.165, 1.54) is 0 Å². The molecule has 3 rings (SSSR count). The van der Waals surface area contributed by atoms with Gasteiger partial charge in [-0.1, -0.05) is 17.5 Å². The van der Waals surface area contributed by atoms with Gasteiger partial charge in [0.15, 0.2) is 6.10 Å². The molecular weight excluding hydrogens is 401 g/mol. The number of nitrogens with zero attached hydrogens (tertiary/aromatic N) is 1. The standard InChI is InChI=1S/C20H26ClN3O3.ClH/c1-4-5-12(2)27-19-9-18(22)17(21)8-16(19)20(25)23-13-6-14-10-26-11-15(7-13)24(14)3;/h8-9,12-15H,6-7,10-11,22H2,1-3H3,(H,23,25);1H. The van der Waals surface area contributed by atoms with E-state index in [2.05, 4.69) is 29.1 Å². The maximum absolute atomic E-state index is 13.0. The van der Waals surface area contributed by atoms with Crippen LogP contribution in [0, 0.1) is 11.8 Å². The van der Waals surface area contributed by atoms with Crippen molar-refractivity contribution in [2.24, 2.45) is 0 Å². The second-order valence-electron chi connectivity index (χ2n) is 7.18. The van der Waals surface area contributed by atoms with Crippen LogP contribution < -0.4 is 15.8 Å². The summed E-state index contributed by atoms with van der Waals surface area (Å²) >= 11 is 6.16. The number of likely N-dealkylation sites (N-methyl/N-ethyl adjacent to an activating group) is 1. The van der Waals surface area contributed by atoms with Crippen LogP contribution in [-0.4, -0.2) is 55.3 Å². The molecule has 1 aromatic rings. The minimum atomic E-state index is -0.359. The van der Waals surface area contributed by atoms with Gasteiger partial charge in [-0.2, -0.15) is 0 Å². The smallest absolute Gasteiger partial charge is 0.255 e. The predicted octanol–water partition coefficient (Wildman–Crippen LogP) is 2.73. The lowest BCUT2D eigenvalue weighted by atomic mass is 9.90. The summed E-state index contributed by atoms with van der Waals surface area (Å²) in [5.74, 6) is 5.89. The number of carbonyl (C=O) groups excluding carboxylic acids is 1. The van der Waals surface area contributed by atoms with Crippen LogP contribution in [0.4, 0.5) is 5.69 Å². The highest BCUT2D eigenvalue weighted by atomic mass is 35.5. The van der Waals surface area contributed by atoms with E-state index in [0.29, 0.717) is 47.3 Å². The number of carbonyl (C=O) groups is 1. The van der Waals surface area contributed by atoms with Gasteiger partial charge in [0.05, 0.1) is 29.5 Å². The SMILES string of the molecule is CC#CC(C)Oc1cc(N)c(Cl)cc1C(=O)NC1CC2COCC(C1)N2C.Cl. The van der Waals surface area contributed by atoms with Gasteiger partial charge in [0, 0.05) is 24.2 Å². The Morgan fingerprint density at radius 1 is 1.39 bits per heavy atom. The topological polar surface area (TPSA) is 76.8 Å². The van der Waals surface area contributed by atoms with E-state index in [1.54, 1.807) is 19.1 Å². The maximum atomic E-state index is 13.0. The molecule has 3 atom stereocenters. The van der Waals surface area contributed by atoms with Crippen molar-refractivity contribution in [3.63, 3.8) is 0 Å². The molecule has 3 unspecified atom stereocenters. The second kappa shape index (κ2) is 9.71. The van der Waals surface area contributed by atoms with Crippen LogP contribution in [0.1, 0.15) is 37.0 Å². The van der Waals surface area contributed by atoms with Gasteiger partial charge in [-0.15, -0.1) is 18.3 Å². The molecule has 0 aromatic heterocycles. The predicted molar refractivity (Wildman–Crippen MR) is 113 cm³/mol. The van der Waals surface area contributed by atoms with Crippen molar-refractivity contribution in [1.29, 1.82) is 0 Å². The summed E-state index contributed by atoms with van der Waals surface area (Å²) in [5, 5.41) is 3.47. The molecule has 2 fully saturated rings. The number of morpholine rings is 1. The largest absolute Gasteiger partial charge is 0.477 e. The molecule has 28 heavy (non-hydrogen) atoms. The number of anilines is 1. The lowest BCUT2D eigenvalue weighted by Gasteiger charge is -2.46. The Bertz CT molecular complexity index is 764. The number of hydrogen-bond acceptors (Lipinski definition) is 5. The number of ether oxygens (including phenoxy) is 2. The Labute approximate surface area is 177 Å². The molecule has 1 aromatic carbocycles. The van der Waals surface area contributed by atoms with Crippen molar-refractivity contribution < 1.29 is 14.3 Å². The summed E-state index contributed by atoms with van der Waals surface area (Å²) in [6, 6.07) is 3.89. The van der Waals surface area contributed by atoms with Gasteiger partial charge in [0.2, 0.25) is 0 Å². The lowest BCUT2D eigenvalue weighted by molar-refractivity contribution is -0.0670. The highest BCUT2D eigenvalue weighted by molar-refractivity contribution is 6.33. The third kappa shape index (κ3) is 5.03. The Morgan fingerprint density at radius 2 is 2.04 bits per heavy atom. The van der Waals surface area contributed by atoms with Crippen molar-refractivity contribution >= 4 is 35.6 Å². The zero-order chi connectivity index (χ0) is 19.6. The van der Waals surface area contributed by atoms with E-state index in [0.717, 1.165) is 12.8 Å². The molecule has 2 bridgehead atoms. The minimum Gasteiger partial charge on any atom is -0.477 e. The Kier molecular flexibility index (Phi) is 7.85. The highest BCUT2D eigenvalue weighted by Crippen LogP contribution is 2.31. The molecule has 0 saturated carbocycles. The molecule has 2 heterocycles. The van der Waals surface area contributed by atoms with E-state index >= 15 is 0 Å². The molecule has 0 aliphatic carbocycles. The molecule has 0 radical (unpaired) electrons. The number of rotatable bonds is 4. The van der Waals surface area contributed by atoms with Crippen molar-refractivity contribution in [2.75, 3.05) is 26.0 Å². The van der Waals surface area contributed by atoms with E-state index in [1.807, 2.05) is 6.92 Å². The fourth-order valence-corrected chi connectivity index (χ4v) is 3.91. The van der Waals surface area contributed by atoms with Crippen LogP contribution in [0.3, 0.4) is 0 Å². The molecule has 154 valence electrons. The molecule has 2 aliphatic rings. The quantitative estimate of drug-likeness (QED) is 0.570. The first-order valence-electron chi connectivity index (χ1n) is 9.17. The van der Waals surface area contributed by atoms with E-state index < -0.39 is 0 Å². The molecule has 8 heteroatoms. The number of nitrogens with one attached hydrogen (secondary N) is 1. The minimum absolute atomic E-state index is 0. The molecular formula is C20H27Cl2N3O3. The van der Waals surface area contributed by atoms with E-state index in [4.69, 9.17) is 26.8 Å². The highest BCUT2D eigenvalue weighted by Gasteiger charge is 2.37. The van der Waals surface area contributed by atoms with Crippen LogP contribution in [0.2, 0.25) is 5.02 Å². The molecule has 1 amide bonds. The van der Waals surface area contributed by atoms with Crippen LogP contribution in [0.5, 0.6) is 5.75 Å². The van der Waals surface area contributed by atoms with Crippen LogP contribution in [0.15, 0.2) is 12.1 Å². The number of nitrogens with two attached hydrogens (primary N) is 1. The normalized spacial score (nSPS) is 24.9. The molecule has 6 nitrogen and oxygen atoms in total. The molecule has 2 saturated heterocycles. The zero-order valence-electron chi connectivity index (χ0n) is 16.3. The van der Waals surface area contributed by atoms with Crippen molar-refractivity contribution in [2.45, 2.75) is 50.9 Å². The van der Waals surface area contributed by atoms with E-state index in [9.17, 15) is 4.79 Å². The van der Waals surface area contributed by atoms with Gasteiger partial charge in [-0.3, -0.25) is 9.69 Å². The molecule has 0 spiro atoms. The van der Waals surface area contributed by atoms with Crippen LogP contribution in [0.25, 0.3) is 0 Å².